The second-order valence-electron chi connectivity index (χ2n) is 3.02. The second kappa shape index (κ2) is 6.37. The van der Waals surface area contributed by atoms with Gasteiger partial charge in [-0.2, -0.15) is 0 Å². The molecule has 0 saturated heterocycles. The number of aromatic nitrogens is 1. The maximum absolute atomic E-state index is 8.93. The van der Waals surface area contributed by atoms with Crippen molar-refractivity contribution in [2.45, 2.75) is 19.8 Å². The minimum atomic E-state index is 0.181. The maximum Gasteiger partial charge on any atom is 0.186 e. The van der Waals surface area contributed by atoms with Crippen LogP contribution in [-0.2, 0) is 0 Å². The summed E-state index contributed by atoms with van der Waals surface area (Å²) in [6, 6.07) is 0. The van der Waals surface area contributed by atoms with Crippen molar-refractivity contribution < 1.29 is 5.11 Å². The van der Waals surface area contributed by atoms with E-state index in [0.29, 0.717) is 6.54 Å². The summed E-state index contributed by atoms with van der Waals surface area (Å²) in [6.45, 7) is 3.98. The molecule has 0 spiro atoms. The normalized spacial score (nSPS) is 10.5. The molecule has 1 heterocycles. The molecule has 0 amide bonds. The highest BCUT2D eigenvalue weighted by atomic mass is 79.9. The van der Waals surface area contributed by atoms with Crippen molar-refractivity contribution in [3.05, 3.63) is 9.98 Å². The Hall–Kier alpha value is -0.130. The highest BCUT2D eigenvalue weighted by molar-refractivity contribution is 9.10. The number of aliphatic hydroxyl groups is 1. The van der Waals surface area contributed by atoms with Gasteiger partial charge in [0, 0.05) is 18.5 Å². The van der Waals surface area contributed by atoms with Crippen LogP contribution in [0.3, 0.4) is 0 Å². The van der Waals surface area contributed by atoms with Crippen molar-refractivity contribution in [2.24, 2.45) is 0 Å². The lowest BCUT2D eigenvalue weighted by Crippen LogP contribution is -2.27. The van der Waals surface area contributed by atoms with Crippen molar-refractivity contribution in [1.29, 1.82) is 0 Å². The Balaban J connectivity index is 2.57. The molecule has 1 rings (SSSR count). The molecule has 0 aliphatic carbocycles. The third kappa shape index (κ3) is 3.55. The highest BCUT2D eigenvalue weighted by Crippen LogP contribution is 2.23. The molecule has 0 aliphatic heterocycles. The molecular formula is C9H15BrN2OS. The molecular weight excluding hydrogens is 264 g/mol. The molecule has 0 saturated carbocycles. The van der Waals surface area contributed by atoms with Gasteiger partial charge in [0.05, 0.1) is 6.61 Å². The molecule has 0 aromatic carbocycles. The predicted molar refractivity (Wildman–Crippen MR) is 64.0 cm³/mol. The lowest BCUT2D eigenvalue weighted by atomic mass is 10.3. The Kier molecular flexibility index (Phi) is 5.44. The molecule has 0 radical (unpaired) electrons. The molecule has 3 nitrogen and oxygen atoms in total. The Labute approximate surface area is 96.9 Å². The van der Waals surface area contributed by atoms with Crippen LogP contribution in [0.4, 0.5) is 5.13 Å². The zero-order valence-corrected chi connectivity index (χ0v) is 10.6. The van der Waals surface area contributed by atoms with E-state index < -0.39 is 0 Å². The van der Waals surface area contributed by atoms with Gasteiger partial charge in [-0.05, 0) is 22.4 Å². The van der Waals surface area contributed by atoms with Gasteiger partial charge < -0.3 is 10.0 Å². The van der Waals surface area contributed by atoms with Crippen molar-refractivity contribution >= 4 is 32.4 Å². The van der Waals surface area contributed by atoms with Crippen LogP contribution < -0.4 is 4.90 Å². The van der Waals surface area contributed by atoms with E-state index in [1.165, 1.54) is 0 Å². The van der Waals surface area contributed by atoms with Gasteiger partial charge >= 0.3 is 0 Å². The fourth-order valence-corrected chi connectivity index (χ4v) is 2.47. The van der Waals surface area contributed by atoms with Crippen LogP contribution in [0.15, 0.2) is 9.98 Å². The minimum absolute atomic E-state index is 0.181. The van der Waals surface area contributed by atoms with Crippen molar-refractivity contribution in [1.82, 2.24) is 4.98 Å². The van der Waals surface area contributed by atoms with Crippen molar-refractivity contribution in [3.63, 3.8) is 0 Å². The molecule has 1 N–H and O–H groups in total. The Morgan fingerprint density at radius 1 is 1.57 bits per heavy atom. The zero-order valence-electron chi connectivity index (χ0n) is 8.24. The maximum atomic E-state index is 8.93. The number of nitrogens with zero attached hydrogens (tertiary/aromatic N) is 2. The smallest absolute Gasteiger partial charge is 0.186 e. The van der Waals surface area contributed by atoms with Gasteiger partial charge in [0.15, 0.2) is 5.13 Å². The summed E-state index contributed by atoms with van der Waals surface area (Å²) in [4.78, 5) is 6.46. The van der Waals surface area contributed by atoms with Gasteiger partial charge in [-0.15, -0.1) is 11.3 Å². The van der Waals surface area contributed by atoms with Gasteiger partial charge in [0.1, 0.15) is 4.60 Å². The highest BCUT2D eigenvalue weighted by Gasteiger charge is 2.08. The van der Waals surface area contributed by atoms with Gasteiger partial charge in [-0.1, -0.05) is 13.3 Å². The third-order valence-corrected chi connectivity index (χ3v) is 3.50. The molecule has 1 aromatic rings. The third-order valence-electron chi connectivity index (χ3n) is 1.89. The van der Waals surface area contributed by atoms with Crippen LogP contribution in [0.1, 0.15) is 19.8 Å². The van der Waals surface area contributed by atoms with Crippen LogP contribution in [0.25, 0.3) is 0 Å². The average molecular weight is 279 g/mol. The van der Waals surface area contributed by atoms with Crippen LogP contribution in [0.2, 0.25) is 0 Å². The first kappa shape index (κ1) is 11.9. The summed E-state index contributed by atoms with van der Waals surface area (Å²) >= 11 is 4.93. The van der Waals surface area contributed by atoms with Crippen LogP contribution in [0.5, 0.6) is 0 Å². The zero-order chi connectivity index (χ0) is 10.4. The molecule has 0 atom stereocenters. The van der Waals surface area contributed by atoms with E-state index in [1.807, 2.05) is 5.38 Å². The molecule has 1 aromatic heterocycles. The second-order valence-corrected chi connectivity index (χ2v) is 4.67. The number of hydrogen-bond acceptors (Lipinski definition) is 4. The Morgan fingerprint density at radius 3 is 2.86 bits per heavy atom. The largest absolute Gasteiger partial charge is 0.395 e. The standard InChI is InChI=1S/C9H15BrN2OS/c1-2-3-4-12(5-6-13)9-11-8(10)7-14-9/h7,13H,2-6H2,1H3. The predicted octanol–water partition coefficient (Wildman–Crippen LogP) is 2.50. The SMILES string of the molecule is CCCCN(CCO)c1nc(Br)cs1. The molecule has 80 valence electrons. The van der Waals surface area contributed by atoms with E-state index in [0.717, 1.165) is 29.1 Å². The molecule has 5 heteroatoms. The molecule has 14 heavy (non-hydrogen) atoms. The summed E-state index contributed by atoms with van der Waals surface area (Å²) in [5.41, 5.74) is 0. The quantitative estimate of drug-likeness (QED) is 0.869. The van der Waals surface area contributed by atoms with Crippen LogP contribution >= 0.6 is 27.3 Å². The average Bonchev–Trinajstić information content (AvgIpc) is 2.59. The number of aliphatic hydroxyl groups excluding tert-OH is 1. The number of thiazole rings is 1. The van der Waals surface area contributed by atoms with Crippen LogP contribution in [-0.4, -0.2) is 29.8 Å². The van der Waals surface area contributed by atoms with Crippen LogP contribution in [0, 0.1) is 0 Å². The summed E-state index contributed by atoms with van der Waals surface area (Å²) in [6.07, 6.45) is 2.30. The number of hydrogen-bond donors (Lipinski definition) is 1. The van der Waals surface area contributed by atoms with Crippen molar-refractivity contribution in [2.75, 3.05) is 24.6 Å². The molecule has 0 unspecified atom stereocenters. The van der Waals surface area contributed by atoms with E-state index in [9.17, 15) is 0 Å². The summed E-state index contributed by atoms with van der Waals surface area (Å²) in [5.74, 6) is 0. The van der Waals surface area contributed by atoms with E-state index in [2.05, 4.69) is 32.7 Å². The Morgan fingerprint density at radius 2 is 2.36 bits per heavy atom. The van der Waals surface area contributed by atoms with E-state index in [4.69, 9.17) is 5.11 Å². The number of halogens is 1. The van der Waals surface area contributed by atoms with E-state index in [-0.39, 0.29) is 6.61 Å². The summed E-state index contributed by atoms with van der Waals surface area (Å²) in [5, 5.41) is 11.9. The lowest BCUT2D eigenvalue weighted by molar-refractivity contribution is 0.301. The topological polar surface area (TPSA) is 36.4 Å². The first-order valence-electron chi connectivity index (χ1n) is 4.74. The first-order valence-corrected chi connectivity index (χ1v) is 6.42. The minimum Gasteiger partial charge on any atom is -0.395 e. The lowest BCUT2D eigenvalue weighted by Gasteiger charge is -2.19. The summed E-state index contributed by atoms with van der Waals surface area (Å²) in [7, 11) is 0. The Bertz CT molecular complexity index is 267. The number of unbranched alkanes of at least 4 members (excludes halogenated alkanes) is 1. The van der Waals surface area contributed by atoms with Gasteiger partial charge in [-0.25, -0.2) is 4.98 Å². The number of anilines is 1. The van der Waals surface area contributed by atoms with E-state index in [1.54, 1.807) is 11.3 Å². The molecule has 0 fully saturated rings. The number of rotatable bonds is 6. The van der Waals surface area contributed by atoms with Gasteiger partial charge in [-0.3, -0.25) is 0 Å². The fourth-order valence-electron chi connectivity index (χ4n) is 1.16. The molecule has 0 aliphatic rings. The summed E-state index contributed by atoms with van der Waals surface area (Å²) < 4.78 is 0.872. The first-order chi connectivity index (χ1) is 6.77. The monoisotopic (exact) mass is 278 g/mol. The van der Waals surface area contributed by atoms with Gasteiger partial charge in [0.2, 0.25) is 0 Å². The molecule has 0 bridgehead atoms. The van der Waals surface area contributed by atoms with Crippen molar-refractivity contribution in [3.8, 4) is 0 Å². The van der Waals surface area contributed by atoms with Gasteiger partial charge in [0.25, 0.3) is 0 Å². The van der Waals surface area contributed by atoms with E-state index >= 15 is 0 Å². The fraction of sp³-hybridized carbons (Fsp3) is 0.667.